The molecule has 0 unspecified atom stereocenters. The van der Waals surface area contributed by atoms with Crippen molar-refractivity contribution < 1.29 is 14.3 Å². The fourth-order valence-corrected chi connectivity index (χ4v) is 2.50. The molecule has 2 aromatic rings. The normalized spacial score (nSPS) is 10.2. The Hall–Kier alpha value is -1.52. The van der Waals surface area contributed by atoms with Crippen molar-refractivity contribution >= 4 is 33.3 Å². The summed E-state index contributed by atoms with van der Waals surface area (Å²) in [4.78, 5) is 12.5. The molecule has 0 saturated carbocycles. The molecule has 0 heterocycles. The fraction of sp³-hybridized carbons (Fsp3) is 0.133. The summed E-state index contributed by atoms with van der Waals surface area (Å²) in [5.74, 6) is 0.869. The molecule has 2 rings (SSSR count). The highest BCUT2D eigenvalue weighted by molar-refractivity contribution is 9.10. The number of methoxy groups -OCH3 is 2. The van der Waals surface area contributed by atoms with Gasteiger partial charge in [0.05, 0.1) is 24.3 Å². The van der Waals surface area contributed by atoms with E-state index >= 15 is 0 Å². The SMILES string of the molecule is COc1cc(C(=O)c2cccc(Cl)c2)c(OC)cc1Br. The number of ketones is 1. The Kier molecular flexibility index (Phi) is 4.68. The number of rotatable bonds is 4. The van der Waals surface area contributed by atoms with Gasteiger partial charge in [-0.15, -0.1) is 0 Å². The minimum Gasteiger partial charge on any atom is -0.496 e. The summed E-state index contributed by atoms with van der Waals surface area (Å²) >= 11 is 9.28. The molecule has 0 fully saturated rings. The fourth-order valence-electron chi connectivity index (χ4n) is 1.82. The number of halogens is 2. The molecule has 0 bridgehead atoms. The monoisotopic (exact) mass is 354 g/mol. The lowest BCUT2D eigenvalue weighted by Gasteiger charge is -2.11. The molecular weight excluding hydrogens is 344 g/mol. The van der Waals surface area contributed by atoms with Crippen LogP contribution in [0.15, 0.2) is 40.9 Å². The maximum Gasteiger partial charge on any atom is 0.196 e. The number of hydrogen-bond donors (Lipinski definition) is 0. The smallest absolute Gasteiger partial charge is 0.196 e. The Bertz CT molecular complexity index is 656. The third-order valence-electron chi connectivity index (χ3n) is 2.81. The van der Waals surface area contributed by atoms with E-state index in [4.69, 9.17) is 21.1 Å². The molecule has 2 aromatic carbocycles. The van der Waals surface area contributed by atoms with Gasteiger partial charge in [-0.05, 0) is 40.2 Å². The van der Waals surface area contributed by atoms with Crippen LogP contribution in [0, 0.1) is 0 Å². The third-order valence-corrected chi connectivity index (χ3v) is 3.66. The van der Waals surface area contributed by atoms with Gasteiger partial charge in [0, 0.05) is 10.6 Å². The van der Waals surface area contributed by atoms with E-state index < -0.39 is 0 Å². The predicted molar refractivity (Wildman–Crippen MR) is 82.1 cm³/mol. The first-order valence-corrected chi connectivity index (χ1v) is 6.95. The lowest BCUT2D eigenvalue weighted by molar-refractivity contribution is 0.103. The van der Waals surface area contributed by atoms with E-state index in [9.17, 15) is 4.79 Å². The Labute approximate surface area is 130 Å². The molecule has 20 heavy (non-hydrogen) atoms. The topological polar surface area (TPSA) is 35.5 Å². The minimum absolute atomic E-state index is 0.171. The lowest BCUT2D eigenvalue weighted by Crippen LogP contribution is -2.05. The lowest BCUT2D eigenvalue weighted by atomic mass is 10.0. The van der Waals surface area contributed by atoms with Crippen molar-refractivity contribution in [1.82, 2.24) is 0 Å². The Morgan fingerprint density at radius 2 is 1.80 bits per heavy atom. The van der Waals surface area contributed by atoms with Gasteiger partial charge in [0.15, 0.2) is 5.78 Å². The highest BCUT2D eigenvalue weighted by Gasteiger charge is 2.18. The van der Waals surface area contributed by atoms with Gasteiger partial charge in [-0.25, -0.2) is 0 Å². The average molecular weight is 356 g/mol. The number of benzene rings is 2. The van der Waals surface area contributed by atoms with Gasteiger partial charge in [0.25, 0.3) is 0 Å². The number of ether oxygens (including phenoxy) is 2. The summed E-state index contributed by atoms with van der Waals surface area (Å²) in [7, 11) is 3.06. The van der Waals surface area contributed by atoms with Crippen LogP contribution in [-0.4, -0.2) is 20.0 Å². The van der Waals surface area contributed by atoms with Crippen LogP contribution in [-0.2, 0) is 0 Å². The number of carbonyl (C=O) groups is 1. The van der Waals surface area contributed by atoms with Gasteiger partial charge >= 0.3 is 0 Å². The van der Waals surface area contributed by atoms with Crippen molar-refractivity contribution in [2.75, 3.05) is 14.2 Å². The van der Waals surface area contributed by atoms with Crippen LogP contribution >= 0.6 is 27.5 Å². The molecule has 3 nitrogen and oxygen atoms in total. The van der Waals surface area contributed by atoms with Crippen LogP contribution in [0.3, 0.4) is 0 Å². The van der Waals surface area contributed by atoms with Gasteiger partial charge in [0.1, 0.15) is 11.5 Å². The molecule has 0 spiro atoms. The highest BCUT2D eigenvalue weighted by Crippen LogP contribution is 2.34. The highest BCUT2D eigenvalue weighted by atomic mass is 79.9. The molecule has 0 N–H and O–H groups in total. The average Bonchev–Trinajstić information content (AvgIpc) is 2.46. The standard InChI is InChI=1S/C15H12BrClO3/c1-19-13-8-12(16)14(20-2)7-11(13)15(18)9-4-3-5-10(17)6-9/h3-8H,1-2H3. The van der Waals surface area contributed by atoms with Gasteiger partial charge in [-0.1, -0.05) is 23.7 Å². The second kappa shape index (κ2) is 6.29. The number of carbonyl (C=O) groups excluding carboxylic acids is 1. The molecule has 104 valence electrons. The summed E-state index contributed by atoms with van der Waals surface area (Å²) in [5, 5.41) is 0.513. The van der Waals surface area contributed by atoms with E-state index in [0.717, 1.165) is 4.47 Å². The first kappa shape index (κ1) is 14.9. The van der Waals surface area contributed by atoms with E-state index in [2.05, 4.69) is 15.9 Å². The molecule has 0 aromatic heterocycles. The van der Waals surface area contributed by atoms with Crippen molar-refractivity contribution in [3.63, 3.8) is 0 Å². The molecule has 0 amide bonds. The first-order chi connectivity index (χ1) is 9.56. The second-order valence-corrected chi connectivity index (χ2v) is 5.32. The minimum atomic E-state index is -0.171. The predicted octanol–water partition coefficient (Wildman–Crippen LogP) is 4.35. The molecule has 0 aliphatic rings. The van der Waals surface area contributed by atoms with Crippen LogP contribution in [0.4, 0.5) is 0 Å². The molecule has 0 radical (unpaired) electrons. The first-order valence-electron chi connectivity index (χ1n) is 5.78. The Morgan fingerprint density at radius 3 is 2.40 bits per heavy atom. The van der Waals surface area contributed by atoms with E-state index in [1.54, 1.807) is 43.5 Å². The zero-order valence-electron chi connectivity index (χ0n) is 10.9. The molecule has 0 saturated heterocycles. The summed E-state index contributed by atoms with van der Waals surface area (Å²) in [5.41, 5.74) is 0.926. The summed E-state index contributed by atoms with van der Waals surface area (Å²) in [6, 6.07) is 10.1. The van der Waals surface area contributed by atoms with Gasteiger partial charge in [0.2, 0.25) is 0 Å². The zero-order chi connectivity index (χ0) is 14.7. The summed E-state index contributed by atoms with van der Waals surface area (Å²) in [6.07, 6.45) is 0. The van der Waals surface area contributed by atoms with Crippen LogP contribution in [0.2, 0.25) is 5.02 Å². The van der Waals surface area contributed by atoms with Crippen LogP contribution in [0.5, 0.6) is 11.5 Å². The Morgan fingerprint density at radius 1 is 1.10 bits per heavy atom. The quantitative estimate of drug-likeness (QED) is 0.765. The van der Waals surface area contributed by atoms with E-state index in [0.29, 0.717) is 27.6 Å². The molecule has 5 heteroatoms. The van der Waals surface area contributed by atoms with Crippen molar-refractivity contribution in [2.45, 2.75) is 0 Å². The number of hydrogen-bond acceptors (Lipinski definition) is 3. The largest absolute Gasteiger partial charge is 0.496 e. The van der Waals surface area contributed by atoms with Crippen molar-refractivity contribution in [2.24, 2.45) is 0 Å². The van der Waals surface area contributed by atoms with E-state index in [1.165, 1.54) is 7.11 Å². The van der Waals surface area contributed by atoms with Crippen molar-refractivity contribution in [1.29, 1.82) is 0 Å². The second-order valence-electron chi connectivity index (χ2n) is 4.03. The van der Waals surface area contributed by atoms with Gasteiger partial charge in [-0.2, -0.15) is 0 Å². The van der Waals surface area contributed by atoms with Gasteiger partial charge < -0.3 is 9.47 Å². The third kappa shape index (κ3) is 2.97. The van der Waals surface area contributed by atoms with E-state index in [-0.39, 0.29) is 5.78 Å². The molecule has 0 aliphatic heterocycles. The van der Waals surface area contributed by atoms with Crippen LogP contribution < -0.4 is 9.47 Å². The van der Waals surface area contributed by atoms with Crippen LogP contribution in [0.1, 0.15) is 15.9 Å². The zero-order valence-corrected chi connectivity index (χ0v) is 13.3. The Balaban J connectivity index is 2.53. The molecular formula is C15H12BrClO3. The van der Waals surface area contributed by atoms with Crippen molar-refractivity contribution in [3.05, 3.63) is 57.0 Å². The van der Waals surface area contributed by atoms with Crippen LogP contribution in [0.25, 0.3) is 0 Å². The van der Waals surface area contributed by atoms with Crippen molar-refractivity contribution in [3.8, 4) is 11.5 Å². The maximum atomic E-state index is 12.5. The summed E-state index contributed by atoms with van der Waals surface area (Å²) < 4.78 is 11.2. The maximum absolute atomic E-state index is 12.5. The van der Waals surface area contributed by atoms with E-state index in [1.807, 2.05) is 0 Å². The van der Waals surface area contributed by atoms with Gasteiger partial charge in [-0.3, -0.25) is 4.79 Å². The summed E-state index contributed by atoms with van der Waals surface area (Å²) in [6.45, 7) is 0. The molecule has 0 aliphatic carbocycles. The molecule has 0 atom stereocenters.